The summed E-state index contributed by atoms with van der Waals surface area (Å²) in [7, 11) is 1.83. The van der Waals surface area contributed by atoms with Crippen LogP contribution in [-0.4, -0.2) is 42.8 Å². The first-order valence-electron chi connectivity index (χ1n) is 8.12. The minimum atomic E-state index is -0.0372. The fourth-order valence-electron chi connectivity index (χ4n) is 3.56. The lowest BCUT2D eigenvalue weighted by Crippen LogP contribution is -2.61. The topological polar surface area (TPSA) is 38.5 Å². The van der Waals surface area contributed by atoms with E-state index in [-0.39, 0.29) is 11.1 Å². The lowest BCUT2D eigenvalue weighted by molar-refractivity contribution is -0.0809. The molecule has 1 fully saturated rings. The third kappa shape index (κ3) is 3.65. The first-order valence-corrected chi connectivity index (χ1v) is 8.12. The number of benzene rings is 1. The van der Waals surface area contributed by atoms with Crippen molar-refractivity contribution in [1.29, 1.82) is 0 Å². The van der Waals surface area contributed by atoms with Gasteiger partial charge in [-0.1, -0.05) is 37.3 Å². The third-order valence-electron chi connectivity index (χ3n) is 5.24. The number of hydrogen-bond donors (Lipinski definition) is 1. The molecule has 2 N–H and O–H groups in total. The molecule has 118 valence electrons. The molecule has 0 aromatic heterocycles. The first-order chi connectivity index (χ1) is 10.1. The maximum absolute atomic E-state index is 6.24. The summed E-state index contributed by atoms with van der Waals surface area (Å²) < 4.78 is 5.76. The molecule has 1 saturated heterocycles. The van der Waals surface area contributed by atoms with Crippen LogP contribution in [-0.2, 0) is 11.2 Å². The average Bonchev–Trinajstić information content (AvgIpc) is 2.54. The second-order valence-corrected chi connectivity index (χ2v) is 6.62. The summed E-state index contributed by atoms with van der Waals surface area (Å²) in [4.78, 5) is 2.58. The maximum atomic E-state index is 6.24. The summed E-state index contributed by atoms with van der Waals surface area (Å²) in [5.41, 5.74) is 7.62. The number of piperidine rings is 1. The summed E-state index contributed by atoms with van der Waals surface area (Å²) in [5.74, 6) is 0. The van der Waals surface area contributed by atoms with Gasteiger partial charge in [0.1, 0.15) is 0 Å². The predicted octanol–water partition coefficient (Wildman–Crippen LogP) is 2.84. The summed E-state index contributed by atoms with van der Waals surface area (Å²) >= 11 is 0. The molecule has 3 nitrogen and oxygen atoms in total. The van der Waals surface area contributed by atoms with E-state index < -0.39 is 0 Å². The van der Waals surface area contributed by atoms with Gasteiger partial charge in [-0.3, -0.25) is 4.90 Å². The van der Waals surface area contributed by atoms with Crippen molar-refractivity contribution < 1.29 is 4.74 Å². The molecule has 0 aliphatic carbocycles. The van der Waals surface area contributed by atoms with E-state index in [1.165, 1.54) is 12.0 Å². The Bertz CT molecular complexity index is 430. The minimum absolute atomic E-state index is 0.0372. The SMILES string of the molecule is CCC(CN)(Cc1ccccc1)N1CCCC(C)(OC)C1. The van der Waals surface area contributed by atoms with Crippen LogP contribution in [0.15, 0.2) is 30.3 Å². The Labute approximate surface area is 129 Å². The Kier molecular flexibility index (Phi) is 5.42. The van der Waals surface area contributed by atoms with E-state index in [0.717, 1.165) is 32.4 Å². The van der Waals surface area contributed by atoms with E-state index >= 15 is 0 Å². The number of nitrogens with zero attached hydrogens (tertiary/aromatic N) is 1. The Morgan fingerprint density at radius 3 is 2.62 bits per heavy atom. The van der Waals surface area contributed by atoms with Crippen LogP contribution < -0.4 is 5.73 Å². The van der Waals surface area contributed by atoms with E-state index in [4.69, 9.17) is 10.5 Å². The van der Waals surface area contributed by atoms with Gasteiger partial charge >= 0.3 is 0 Å². The molecule has 3 heteroatoms. The highest BCUT2D eigenvalue weighted by Crippen LogP contribution is 2.32. The van der Waals surface area contributed by atoms with Gasteiger partial charge in [0.25, 0.3) is 0 Å². The summed E-state index contributed by atoms with van der Waals surface area (Å²) in [6.45, 7) is 7.27. The average molecular weight is 290 g/mol. The Morgan fingerprint density at radius 1 is 1.33 bits per heavy atom. The summed E-state index contributed by atoms with van der Waals surface area (Å²) in [6.07, 6.45) is 4.40. The number of likely N-dealkylation sites (tertiary alicyclic amines) is 1. The van der Waals surface area contributed by atoms with Crippen molar-refractivity contribution in [2.75, 3.05) is 26.7 Å². The van der Waals surface area contributed by atoms with E-state index in [2.05, 4.69) is 49.1 Å². The van der Waals surface area contributed by atoms with E-state index in [0.29, 0.717) is 6.54 Å². The quantitative estimate of drug-likeness (QED) is 0.875. The van der Waals surface area contributed by atoms with Crippen LogP contribution >= 0.6 is 0 Å². The van der Waals surface area contributed by atoms with Gasteiger partial charge in [-0.2, -0.15) is 0 Å². The zero-order chi connectivity index (χ0) is 15.3. The highest BCUT2D eigenvalue weighted by atomic mass is 16.5. The van der Waals surface area contributed by atoms with Crippen molar-refractivity contribution in [3.05, 3.63) is 35.9 Å². The monoisotopic (exact) mass is 290 g/mol. The highest BCUT2D eigenvalue weighted by Gasteiger charge is 2.40. The number of rotatable bonds is 6. The number of nitrogens with two attached hydrogens (primary N) is 1. The molecule has 0 amide bonds. The fourth-order valence-corrected chi connectivity index (χ4v) is 3.56. The molecular weight excluding hydrogens is 260 g/mol. The van der Waals surface area contributed by atoms with E-state index in [1.807, 2.05) is 7.11 Å². The van der Waals surface area contributed by atoms with Crippen molar-refractivity contribution in [2.24, 2.45) is 5.73 Å². The Balaban J connectivity index is 2.20. The second-order valence-electron chi connectivity index (χ2n) is 6.62. The summed E-state index contributed by atoms with van der Waals surface area (Å²) in [5, 5.41) is 0. The number of methoxy groups -OCH3 is 1. The van der Waals surface area contributed by atoms with Crippen molar-refractivity contribution in [2.45, 2.75) is 50.7 Å². The largest absolute Gasteiger partial charge is 0.377 e. The van der Waals surface area contributed by atoms with E-state index in [9.17, 15) is 0 Å². The fraction of sp³-hybridized carbons (Fsp3) is 0.667. The molecule has 1 aliphatic heterocycles. The zero-order valence-corrected chi connectivity index (χ0v) is 13.8. The van der Waals surface area contributed by atoms with Gasteiger partial charge in [0.05, 0.1) is 5.60 Å². The molecule has 21 heavy (non-hydrogen) atoms. The molecular formula is C18H30N2O. The van der Waals surface area contributed by atoms with Crippen LogP contribution in [0, 0.1) is 0 Å². The number of hydrogen-bond acceptors (Lipinski definition) is 3. The van der Waals surface area contributed by atoms with Gasteiger partial charge in [0, 0.05) is 25.7 Å². The smallest absolute Gasteiger partial charge is 0.0777 e. The highest BCUT2D eigenvalue weighted by molar-refractivity contribution is 5.18. The number of ether oxygens (including phenoxy) is 1. The Hall–Kier alpha value is -0.900. The van der Waals surface area contributed by atoms with Crippen LogP contribution in [0.3, 0.4) is 0 Å². The first kappa shape index (κ1) is 16.5. The molecule has 2 rings (SSSR count). The summed E-state index contributed by atoms with van der Waals surface area (Å²) in [6, 6.07) is 10.7. The lowest BCUT2D eigenvalue weighted by atomic mass is 9.82. The van der Waals surface area contributed by atoms with Crippen LogP contribution in [0.25, 0.3) is 0 Å². The van der Waals surface area contributed by atoms with Gasteiger partial charge in [-0.25, -0.2) is 0 Å². The standard InChI is InChI=1S/C18H30N2O/c1-4-18(14-19,13-16-9-6-5-7-10-16)20-12-8-11-17(2,15-20)21-3/h5-7,9-10H,4,8,11-15,19H2,1-3H3. The zero-order valence-electron chi connectivity index (χ0n) is 13.8. The predicted molar refractivity (Wildman–Crippen MR) is 88.4 cm³/mol. The van der Waals surface area contributed by atoms with E-state index in [1.54, 1.807) is 0 Å². The normalized spacial score (nSPS) is 26.5. The van der Waals surface area contributed by atoms with Crippen LogP contribution in [0.2, 0.25) is 0 Å². The van der Waals surface area contributed by atoms with Crippen molar-refractivity contribution in [3.63, 3.8) is 0 Å². The van der Waals surface area contributed by atoms with Gasteiger partial charge < -0.3 is 10.5 Å². The van der Waals surface area contributed by atoms with Crippen LogP contribution in [0.5, 0.6) is 0 Å². The van der Waals surface area contributed by atoms with Gasteiger partial charge in [0.2, 0.25) is 0 Å². The van der Waals surface area contributed by atoms with Gasteiger partial charge in [0.15, 0.2) is 0 Å². The lowest BCUT2D eigenvalue weighted by Gasteiger charge is -2.50. The van der Waals surface area contributed by atoms with Gasteiger partial charge in [-0.15, -0.1) is 0 Å². The molecule has 0 saturated carbocycles. The third-order valence-corrected chi connectivity index (χ3v) is 5.24. The van der Waals surface area contributed by atoms with Crippen molar-refractivity contribution in [3.8, 4) is 0 Å². The molecule has 1 aromatic rings. The molecule has 2 unspecified atom stereocenters. The molecule has 1 heterocycles. The molecule has 0 spiro atoms. The van der Waals surface area contributed by atoms with Crippen LogP contribution in [0.4, 0.5) is 0 Å². The molecule has 0 radical (unpaired) electrons. The molecule has 1 aliphatic rings. The van der Waals surface area contributed by atoms with Crippen LogP contribution in [0.1, 0.15) is 38.7 Å². The minimum Gasteiger partial charge on any atom is -0.377 e. The Morgan fingerprint density at radius 2 is 2.05 bits per heavy atom. The molecule has 2 atom stereocenters. The maximum Gasteiger partial charge on any atom is 0.0777 e. The second kappa shape index (κ2) is 6.91. The van der Waals surface area contributed by atoms with Crippen molar-refractivity contribution in [1.82, 2.24) is 4.90 Å². The molecule has 0 bridgehead atoms. The molecule has 1 aromatic carbocycles. The van der Waals surface area contributed by atoms with Gasteiger partial charge in [-0.05, 0) is 44.7 Å². The van der Waals surface area contributed by atoms with Crippen molar-refractivity contribution >= 4 is 0 Å².